The van der Waals surface area contributed by atoms with E-state index in [1.165, 1.54) is 7.11 Å². The lowest BCUT2D eigenvalue weighted by Gasteiger charge is -2.39. The summed E-state index contributed by atoms with van der Waals surface area (Å²) in [6, 6.07) is 3.48. The number of allylic oxidation sites excluding steroid dienone is 3. The molecular formula is C22H26INO5. The van der Waals surface area contributed by atoms with E-state index in [1.54, 1.807) is 19.1 Å². The lowest BCUT2D eigenvalue weighted by atomic mass is 9.68. The number of halogens is 1. The van der Waals surface area contributed by atoms with Gasteiger partial charge in [-0.2, -0.15) is 0 Å². The van der Waals surface area contributed by atoms with Crippen LogP contribution in [-0.2, 0) is 14.3 Å². The van der Waals surface area contributed by atoms with Gasteiger partial charge >= 0.3 is 5.97 Å². The standard InChI is InChI=1S/C22H26INO5/c1-6-29-21(27)17-11(2)24-14-9-22(3,4)10-15(25)19(14)18(17)12-7-13(23)20(26)16(8-12)28-5/h7-8,18,24,26H,6,9-10H2,1-5H3/t18-/m0/s1. The first-order valence-corrected chi connectivity index (χ1v) is 10.6. The number of hydrogen-bond acceptors (Lipinski definition) is 6. The Morgan fingerprint density at radius 3 is 2.66 bits per heavy atom. The molecule has 0 unspecified atom stereocenters. The summed E-state index contributed by atoms with van der Waals surface area (Å²) in [7, 11) is 1.48. The third-order valence-corrected chi connectivity index (χ3v) is 6.16. The van der Waals surface area contributed by atoms with Crippen LogP contribution in [-0.4, -0.2) is 30.6 Å². The van der Waals surface area contributed by atoms with E-state index in [1.807, 2.05) is 29.5 Å². The molecular weight excluding hydrogens is 485 g/mol. The molecule has 0 saturated heterocycles. The molecule has 2 N–H and O–H groups in total. The van der Waals surface area contributed by atoms with Crippen LogP contribution in [0.2, 0.25) is 0 Å². The maximum Gasteiger partial charge on any atom is 0.336 e. The van der Waals surface area contributed by atoms with Gasteiger partial charge in [0.05, 0.1) is 22.9 Å². The van der Waals surface area contributed by atoms with Crippen molar-refractivity contribution in [2.75, 3.05) is 13.7 Å². The summed E-state index contributed by atoms with van der Waals surface area (Å²) in [6.45, 7) is 7.96. The maximum atomic E-state index is 13.2. The molecule has 0 spiro atoms. The number of carbonyl (C=O) groups is 2. The molecule has 0 bridgehead atoms. The van der Waals surface area contributed by atoms with Crippen molar-refractivity contribution in [3.63, 3.8) is 0 Å². The first kappa shape index (κ1) is 21.7. The summed E-state index contributed by atoms with van der Waals surface area (Å²) in [5.74, 6) is -0.665. The number of esters is 1. The second-order valence-corrected chi connectivity index (χ2v) is 9.37. The van der Waals surface area contributed by atoms with Crippen molar-refractivity contribution in [1.29, 1.82) is 0 Å². The van der Waals surface area contributed by atoms with Crippen LogP contribution in [0.1, 0.15) is 52.0 Å². The second-order valence-electron chi connectivity index (χ2n) is 8.20. The van der Waals surface area contributed by atoms with Gasteiger partial charge in [0, 0.05) is 29.3 Å². The zero-order valence-electron chi connectivity index (χ0n) is 17.3. The molecule has 1 heterocycles. The second kappa shape index (κ2) is 8.01. The third kappa shape index (κ3) is 4.01. The number of ether oxygens (including phenoxy) is 2. The first-order valence-electron chi connectivity index (χ1n) is 9.57. The van der Waals surface area contributed by atoms with Crippen molar-refractivity contribution >= 4 is 34.3 Å². The fraction of sp³-hybridized carbons (Fsp3) is 0.455. The lowest BCUT2D eigenvalue weighted by Crippen LogP contribution is -2.38. The van der Waals surface area contributed by atoms with E-state index < -0.39 is 11.9 Å². The molecule has 156 valence electrons. The molecule has 6 nitrogen and oxygen atoms in total. The van der Waals surface area contributed by atoms with Crippen LogP contribution < -0.4 is 10.1 Å². The molecule has 7 heteroatoms. The van der Waals surface area contributed by atoms with Gasteiger partial charge in [0.2, 0.25) is 0 Å². The van der Waals surface area contributed by atoms with Gasteiger partial charge in [0.25, 0.3) is 0 Å². The average molecular weight is 511 g/mol. The van der Waals surface area contributed by atoms with E-state index in [-0.39, 0.29) is 23.6 Å². The zero-order valence-corrected chi connectivity index (χ0v) is 19.5. The Balaban J connectivity index is 2.25. The van der Waals surface area contributed by atoms with Crippen molar-refractivity contribution in [3.05, 3.63) is 43.8 Å². The van der Waals surface area contributed by atoms with Crippen molar-refractivity contribution in [2.45, 2.75) is 46.5 Å². The van der Waals surface area contributed by atoms with Crippen LogP contribution in [0.5, 0.6) is 11.5 Å². The van der Waals surface area contributed by atoms with Crippen LogP contribution in [0.15, 0.2) is 34.7 Å². The number of benzene rings is 1. The molecule has 0 fully saturated rings. The predicted octanol–water partition coefficient (Wildman–Crippen LogP) is 4.17. The Hall–Kier alpha value is -2.03. The summed E-state index contributed by atoms with van der Waals surface area (Å²) in [5.41, 5.74) is 3.11. The van der Waals surface area contributed by atoms with E-state index >= 15 is 0 Å². The number of ketones is 1. The molecule has 3 rings (SSSR count). The lowest BCUT2D eigenvalue weighted by molar-refractivity contribution is -0.138. The van der Waals surface area contributed by atoms with Gasteiger partial charge in [-0.05, 0) is 66.0 Å². The van der Waals surface area contributed by atoms with E-state index in [2.05, 4.69) is 19.2 Å². The van der Waals surface area contributed by atoms with Crippen molar-refractivity contribution < 1.29 is 24.2 Å². The summed E-state index contributed by atoms with van der Waals surface area (Å²) in [4.78, 5) is 26.1. The number of carbonyl (C=O) groups excluding carboxylic acids is 2. The van der Waals surface area contributed by atoms with Gasteiger partial charge in [-0.15, -0.1) is 0 Å². The number of methoxy groups -OCH3 is 1. The molecule has 0 radical (unpaired) electrons. The molecule has 0 amide bonds. The predicted molar refractivity (Wildman–Crippen MR) is 118 cm³/mol. The summed E-state index contributed by atoms with van der Waals surface area (Å²) >= 11 is 2.02. The smallest absolute Gasteiger partial charge is 0.336 e. The van der Waals surface area contributed by atoms with Crippen LogP contribution >= 0.6 is 22.6 Å². The largest absolute Gasteiger partial charge is 0.504 e. The summed E-state index contributed by atoms with van der Waals surface area (Å²) < 4.78 is 11.2. The molecule has 2 aliphatic rings. The molecule has 1 aromatic carbocycles. The third-order valence-electron chi connectivity index (χ3n) is 5.34. The molecule has 1 aromatic rings. The number of dihydropyridines is 1. The van der Waals surface area contributed by atoms with E-state index in [4.69, 9.17) is 9.47 Å². The molecule has 1 atom stereocenters. The molecule has 1 aliphatic carbocycles. The highest BCUT2D eigenvalue weighted by atomic mass is 127. The Morgan fingerprint density at radius 1 is 1.34 bits per heavy atom. The van der Waals surface area contributed by atoms with Gasteiger partial charge in [0.15, 0.2) is 17.3 Å². The average Bonchev–Trinajstić information content (AvgIpc) is 2.61. The fourth-order valence-electron chi connectivity index (χ4n) is 4.16. The van der Waals surface area contributed by atoms with Crippen LogP contribution in [0.3, 0.4) is 0 Å². The Bertz CT molecular complexity index is 945. The number of Topliss-reactive ketones (excluding diaryl/α,β-unsaturated/α-hetero) is 1. The number of nitrogens with one attached hydrogen (secondary N) is 1. The number of rotatable bonds is 4. The molecule has 29 heavy (non-hydrogen) atoms. The first-order chi connectivity index (χ1) is 13.6. The highest BCUT2D eigenvalue weighted by molar-refractivity contribution is 14.1. The summed E-state index contributed by atoms with van der Waals surface area (Å²) in [5, 5.41) is 13.6. The fourth-order valence-corrected chi connectivity index (χ4v) is 4.79. The minimum absolute atomic E-state index is 0.0186. The minimum atomic E-state index is -0.572. The Morgan fingerprint density at radius 2 is 2.03 bits per heavy atom. The van der Waals surface area contributed by atoms with Crippen LogP contribution in [0.4, 0.5) is 0 Å². The van der Waals surface area contributed by atoms with E-state index in [0.717, 1.165) is 5.70 Å². The van der Waals surface area contributed by atoms with Crippen molar-refractivity contribution in [1.82, 2.24) is 5.32 Å². The van der Waals surface area contributed by atoms with Crippen molar-refractivity contribution in [2.24, 2.45) is 5.41 Å². The van der Waals surface area contributed by atoms with Gasteiger partial charge in [-0.3, -0.25) is 4.79 Å². The van der Waals surface area contributed by atoms with Crippen molar-refractivity contribution in [3.8, 4) is 11.5 Å². The topological polar surface area (TPSA) is 84.9 Å². The highest BCUT2D eigenvalue weighted by Gasteiger charge is 2.43. The number of phenolic OH excluding ortho intramolecular Hbond substituents is 1. The maximum absolute atomic E-state index is 13.2. The number of hydrogen-bond donors (Lipinski definition) is 2. The van der Waals surface area contributed by atoms with Gasteiger partial charge in [0.1, 0.15) is 0 Å². The Labute approximate surface area is 184 Å². The van der Waals surface area contributed by atoms with Crippen LogP contribution in [0, 0.1) is 8.99 Å². The van der Waals surface area contributed by atoms with Gasteiger partial charge < -0.3 is 19.9 Å². The number of aromatic hydroxyl groups is 1. The molecule has 0 saturated carbocycles. The number of phenols is 1. The van der Waals surface area contributed by atoms with Gasteiger partial charge in [-0.1, -0.05) is 13.8 Å². The summed E-state index contributed by atoms with van der Waals surface area (Å²) in [6.07, 6.45) is 1.12. The Kier molecular flexibility index (Phi) is 5.98. The highest BCUT2D eigenvalue weighted by Crippen LogP contribution is 2.48. The van der Waals surface area contributed by atoms with Gasteiger partial charge in [-0.25, -0.2) is 4.79 Å². The minimum Gasteiger partial charge on any atom is -0.504 e. The SMILES string of the molecule is CCOC(=O)C1=C(C)NC2=C(C(=O)CC(C)(C)C2)[C@H]1c1cc(I)c(O)c(OC)c1. The molecule has 1 aliphatic heterocycles. The van der Waals surface area contributed by atoms with E-state index in [0.29, 0.717) is 44.6 Å². The normalized spacial score (nSPS) is 20.9. The monoisotopic (exact) mass is 511 g/mol. The van der Waals surface area contributed by atoms with Crippen LogP contribution in [0.25, 0.3) is 0 Å². The quantitative estimate of drug-likeness (QED) is 0.467. The molecule has 0 aromatic heterocycles. The van der Waals surface area contributed by atoms with E-state index in [9.17, 15) is 14.7 Å². The zero-order chi connectivity index (χ0) is 21.5.